The number of nitrogens with zero attached hydrogens (tertiary/aromatic N) is 4. The van der Waals surface area contributed by atoms with Gasteiger partial charge < -0.3 is 4.74 Å². The zero-order valence-electron chi connectivity index (χ0n) is 13.3. The Morgan fingerprint density at radius 2 is 2.33 bits per heavy atom. The number of carbonyl (C=O) groups excluding carboxylic acids is 1. The number of ether oxygens (including phenoxy) is 1. The highest BCUT2D eigenvalue weighted by Gasteiger charge is 2.34. The average Bonchev–Trinajstić information content (AvgIpc) is 3.24. The van der Waals surface area contributed by atoms with Crippen molar-refractivity contribution in [3.63, 3.8) is 0 Å². The molecule has 0 radical (unpaired) electrons. The Kier molecular flexibility index (Phi) is 3.73. The van der Waals surface area contributed by atoms with Gasteiger partial charge in [-0.3, -0.25) is 19.8 Å². The molecule has 0 saturated carbocycles. The van der Waals surface area contributed by atoms with Crippen LogP contribution in [0.25, 0.3) is 11.2 Å². The molecule has 0 spiro atoms. The fourth-order valence-electron chi connectivity index (χ4n) is 3.12. The minimum absolute atomic E-state index is 0.104. The molecule has 1 amide bonds. The van der Waals surface area contributed by atoms with Crippen molar-refractivity contribution in [2.75, 3.05) is 11.9 Å². The van der Waals surface area contributed by atoms with Gasteiger partial charge in [0.1, 0.15) is 11.6 Å². The minimum Gasteiger partial charge on any atom is -0.371 e. The van der Waals surface area contributed by atoms with E-state index in [0.29, 0.717) is 12.6 Å². The lowest BCUT2D eigenvalue weighted by molar-refractivity contribution is -0.129. The van der Waals surface area contributed by atoms with Gasteiger partial charge in [0, 0.05) is 26.0 Å². The molecule has 24 heavy (non-hydrogen) atoms. The van der Waals surface area contributed by atoms with Crippen LogP contribution in [0.4, 0.5) is 5.95 Å². The van der Waals surface area contributed by atoms with Crippen LogP contribution in [-0.2, 0) is 16.6 Å². The number of aromatic amines is 1. The summed E-state index contributed by atoms with van der Waals surface area (Å²) in [6, 6.07) is 5.54. The number of imidazole rings is 1. The number of fused-ring (bicyclic) bond motifs is 1. The third-order valence-corrected chi connectivity index (χ3v) is 4.35. The van der Waals surface area contributed by atoms with E-state index in [9.17, 15) is 4.79 Å². The van der Waals surface area contributed by atoms with Gasteiger partial charge in [0.25, 0.3) is 0 Å². The molecule has 8 heteroatoms. The van der Waals surface area contributed by atoms with Crippen molar-refractivity contribution in [3.05, 3.63) is 36.3 Å². The number of hydrogen-bond acceptors (Lipinski definition) is 5. The first-order valence-electron chi connectivity index (χ1n) is 7.93. The van der Waals surface area contributed by atoms with E-state index in [0.717, 1.165) is 29.7 Å². The number of hydrogen-bond donors (Lipinski definition) is 2. The van der Waals surface area contributed by atoms with Crippen LogP contribution in [0.3, 0.4) is 0 Å². The van der Waals surface area contributed by atoms with E-state index in [-0.39, 0.29) is 17.9 Å². The molecule has 8 nitrogen and oxygen atoms in total. The molecule has 1 aliphatic rings. The van der Waals surface area contributed by atoms with E-state index in [2.05, 4.69) is 25.5 Å². The van der Waals surface area contributed by atoms with Crippen LogP contribution in [0.1, 0.15) is 24.6 Å². The van der Waals surface area contributed by atoms with Crippen LogP contribution in [0.15, 0.2) is 30.6 Å². The van der Waals surface area contributed by atoms with Crippen LogP contribution in [0.5, 0.6) is 0 Å². The smallest absolute Gasteiger partial charge is 0.232 e. The maximum atomic E-state index is 12.8. The molecule has 2 atom stereocenters. The Bertz CT molecular complexity index is 857. The number of amides is 1. The molecule has 2 N–H and O–H groups in total. The lowest BCUT2D eigenvalue weighted by Crippen LogP contribution is -2.34. The van der Waals surface area contributed by atoms with Gasteiger partial charge in [-0.2, -0.15) is 5.10 Å². The van der Waals surface area contributed by atoms with Crippen molar-refractivity contribution in [1.29, 1.82) is 0 Å². The Labute approximate surface area is 138 Å². The van der Waals surface area contributed by atoms with E-state index in [1.807, 2.05) is 25.2 Å². The number of rotatable bonds is 3. The highest BCUT2D eigenvalue weighted by molar-refractivity contribution is 5.93. The molecule has 4 rings (SSSR count). The molecule has 0 bridgehead atoms. The number of pyridine rings is 1. The Morgan fingerprint density at radius 1 is 1.42 bits per heavy atom. The van der Waals surface area contributed by atoms with Crippen LogP contribution < -0.4 is 5.32 Å². The zero-order valence-corrected chi connectivity index (χ0v) is 13.3. The SMILES string of the molecule is Cn1c(NC(=O)[C@@H]2CCCO[C@H]2c2ccn[nH]2)nc2cccnc21. The topological polar surface area (TPSA) is 97.7 Å². The number of aromatic nitrogens is 5. The number of anilines is 1. The number of nitrogens with one attached hydrogen (secondary N) is 2. The molecule has 0 aromatic carbocycles. The van der Waals surface area contributed by atoms with Gasteiger partial charge in [-0.1, -0.05) is 0 Å². The number of H-pyrrole nitrogens is 1. The fourth-order valence-corrected chi connectivity index (χ4v) is 3.12. The predicted molar refractivity (Wildman–Crippen MR) is 87.1 cm³/mol. The second-order valence-corrected chi connectivity index (χ2v) is 5.88. The molecular formula is C16H18N6O2. The highest BCUT2D eigenvalue weighted by atomic mass is 16.5. The first-order chi connectivity index (χ1) is 11.7. The second-order valence-electron chi connectivity index (χ2n) is 5.88. The summed E-state index contributed by atoms with van der Waals surface area (Å²) >= 11 is 0. The molecule has 124 valence electrons. The quantitative estimate of drug-likeness (QED) is 0.765. The highest BCUT2D eigenvalue weighted by Crippen LogP contribution is 2.33. The molecular weight excluding hydrogens is 308 g/mol. The molecule has 4 heterocycles. The van der Waals surface area contributed by atoms with Gasteiger partial charge in [0.2, 0.25) is 11.9 Å². The van der Waals surface area contributed by atoms with E-state index in [1.165, 1.54) is 0 Å². The number of aryl methyl sites for hydroxylation is 1. The Morgan fingerprint density at radius 3 is 3.12 bits per heavy atom. The van der Waals surface area contributed by atoms with Crippen molar-refractivity contribution in [2.45, 2.75) is 18.9 Å². The van der Waals surface area contributed by atoms with Gasteiger partial charge in [0.05, 0.1) is 11.6 Å². The lowest BCUT2D eigenvalue weighted by Gasteiger charge is -2.29. The van der Waals surface area contributed by atoms with E-state index >= 15 is 0 Å². The van der Waals surface area contributed by atoms with Gasteiger partial charge >= 0.3 is 0 Å². The standard InChI is InChI=1S/C16H18N6O2/c1-22-14-12(5-2-7-17-14)19-16(22)20-15(23)10-4-3-9-24-13(10)11-6-8-18-21-11/h2,5-8,10,13H,3-4,9H2,1H3,(H,18,21)(H,19,20,23)/t10-,13-/m1/s1. The maximum absolute atomic E-state index is 12.8. The Hall–Kier alpha value is -2.74. The van der Waals surface area contributed by atoms with Gasteiger partial charge in [-0.25, -0.2) is 9.97 Å². The van der Waals surface area contributed by atoms with Crippen LogP contribution in [0, 0.1) is 5.92 Å². The Balaban J connectivity index is 1.59. The summed E-state index contributed by atoms with van der Waals surface area (Å²) in [7, 11) is 1.84. The summed E-state index contributed by atoms with van der Waals surface area (Å²) in [6.45, 7) is 0.643. The van der Waals surface area contributed by atoms with E-state index in [1.54, 1.807) is 17.0 Å². The minimum atomic E-state index is -0.311. The van der Waals surface area contributed by atoms with Crippen molar-refractivity contribution in [2.24, 2.45) is 13.0 Å². The van der Waals surface area contributed by atoms with E-state index in [4.69, 9.17) is 4.74 Å². The van der Waals surface area contributed by atoms with Crippen molar-refractivity contribution < 1.29 is 9.53 Å². The molecule has 0 aliphatic carbocycles. The molecule has 0 unspecified atom stereocenters. The molecule has 3 aromatic heterocycles. The van der Waals surface area contributed by atoms with Gasteiger partial charge in [-0.05, 0) is 31.0 Å². The first-order valence-corrected chi connectivity index (χ1v) is 7.93. The van der Waals surface area contributed by atoms with Crippen LogP contribution in [-0.4, -0.2) is 37.2 Å². The lowest BCUT2D eigenvalue weighted by atomic mass is 9.91. The summed E-state index contributed by atoms with van der Waals surface area (Å²) in [4.78, 5) is 21.5. The average molecular weight is 326 g/mol. The normalized spacial score (nSPS) is 21.0. The summed E-state index contributed by atoms with van der Waals surface area (Å²) in [5.41, 5.74) is 2.31. The van der Waals surface area contributed by atoms with Crippen LogP contribution >= 0.6 is 0 Å². The first kappa shape index (κ1) is 14.8. The van der Waals surface area contributed by atoms with Gasteiger partial charge in [-0.15, -0.1) is 0 Å². The second kappa shape index (κ2) is 6.04. The zero-order chi connectivity index (χ0) is 16.5. The predicted octanol–water partition coefficient (Wildman–Crippen LogP) is 1.80. The summed E-state index contributed by atoms with van der Waals surface area (Å²) in [5.74, 6) is 0.0994. The summed E-state index contributed by atoms with van der Waals surface area (Å²) in [5, 5.41) is 9.78. The third kappa shape index (κ3) is 2.54. The largest absolute Gasteiger partial charge is 0.371 e. The van der Waals surface area contributed by atoms with Crippen molar-refractivity contribution >= 4 is 23.0 Å². The molecule has 1 saturated heterocycles. The monoisotopic (exact) mass is 326 g/mol. The van der Waals surface area contributed by atoms with E-state index < -0.39 is 0 Å². The summed E-state index contributed by atoms with van der Waals surface area (Å²) < 4.78 is 7.59. The fraction of sp³-hybridized carbons (Fsp3) is 0.375. The van der Waals surface area contributed by atoms with Crippen molar-refractivity contribution in [3.8, 4) is 0 Å². The molecule has 1 aliphatic heterocycles. The third-order valence-electron chi connectivity index (χ3n) is 4.35. The molecule has 3 aromatic rings. The molecule has 1 fully saturated rings. The van der Waals surface area contributed by atoms with Gasteiger partial charge in [0.15, 0.2) is 5.65 Å². The summed E-state index contributed by atoms with van der Waals surface area (Å²) in [6.07, 6.45) is 4.68. The maximum Gasteiger partial charge on any atom is 0.232 e. The van der Waals surface area contributed by atoms with Crippen LogP contribution in [0.2, 0.25) is 0 Å². The van der Waals surface area contributed by atoms with Crippen molar-refractivity contribution in [1.82, 2.24) is 24.7 Å². The number of carbonyl (C=O) groups is 1.